The summed E-state index contributed by atoms with van der Waals surface area (Å²) < 4.78 is 0. The van der Waals surface area contributed by atoms with Gasteiger partial charge in [0.1, 0.15) is 0 Å². The summed E-state index contributed by atoms with van der Waals surface area (Å²) in [4.78, 5) is 5.06. The van der Waals surface area contributed by atoms with Crippen molar-refractivity contribution in [1.29, 1.82) is 0 Å². The highest BCUT2D eigenvalue weighted by atomic mass is 16.3. The van der Waals surface area contributed by atoms with E-state index in [-0.39, 0.29) is 6.10 Å². The molecule has 2 rings (SSSR count). The number of hydrogen-bond acceptors (Lipinski definition) is 4. The monoisotopic (exact) mass is 255 g/mol. The molecule has 2 unspecified atom stereocenters. The highest BCUT2D eigenvalue weighted by Gasteiger charge is 2.29. The Bertz CT molecular complexity index is 241. The number of nitrogens with one attached hydrogen (secondary N) is 1. The lowest BCUT2D eigenvalue weighted by Crippen LogP contribution is -2.41. The summed E-state index contributed by atoms with van der Waals surface area (Å²) in [7, 11) is 0. The van der Waals surface area contributed by atoms with Gasteiger partial charge in [-0.15, -0.1) is 0 Å². The molecular formula is C14H29N3O. The van der Waals surface area contributed by atoms with Gasteiger partial charge in [-0.05, 0) is 38.9 Å². The van der Waals surface area contributed by atoms with E-state index in [1.807, 2.05) is 0 Å². The number of likely N-dealkylation sites (tertiary alicyclic amines) is 2. The zero-order valence-electron chi connectivity index (χ0n) is 11.9. The first-order valence-electron chi connectivity index (χ1n) is 7.53. The normalized spacial score (nSPS) is 28.3. The summed E-state index contributed by atoms with van der Waals surface area (Å²) >= 11 is 0. The first-order chi connectivity index (χ1) is 8.65. The van der Waals surface area contributed by atoms with Crippen LogP contribution in [-0.2, 0) is 0 Å². The minimum absolute atomic E-state index is 0.232. The standard InChI is InChI=1S/C14H29N3O/c1-12(2)15-9-14(18)11-16-8-5-13(10-16)17-6-3-4-7-17/h12-15,18H,3-11H2,1-2H3. The molecule has 18 heavy (non-hydrogen) atoms. The van der Waals surface area contributed by atoms with Crippen molar-refractivity contribution in [3.8, 4) is 0 Å². The third-order valence-electron chi connectivity index (χ3n) is 4.14. The van der Waals surface area contributed by atoms with Crippen LogP contribution >= 0.6 is 0 Å². The van der Waals surface area contributed by atoms with Crippen molar-refractivity contribution in [2.24, 2.45) is 0 Å². The number of β-amino-alcohol motifs (C(OH)–C–C–N with tert-alkyl or cyclic N) is 1. The lowest BCUT2D eigenvalue weighted by molar-refractivity contribution is 0.116. The topological polar surface area (TPSA) is 38.7 Å². The van der Waals surface area contributed by atoms with Crippen molar-refractivity contribution in [3.05, 3.63) is 0 Å². The van der Waals surface area contributed by atoms with Gasteiger partial charge in [0, 0.05) is 31.7 Å². The molecule has 2 aliphatic rings. The highest BCUT2D eigenvalue weighted by Crippen LogP contribution is 2.20. The Morgan fingerprint density at radius 1 is 1.22 bits per heavy atom. The fourth-order valence-electron chi connectivity index (χ4n) is 3.12. The van der Waals surface area contributed by atoms with Crippen LogP contribution in [0, 0.1) is 0 Å². The Labute approximate surface area is 111 Å². The molecule has 0 aromatic carbocycles. The summed E-state index contributed by atoms with van der Waals surface area (Å²) in [5, 5.41) is 13.3. The highest BCUT2D eigenvalue weighted by molar-refractivity contribution is 4.86. The molecule has 0 bridgehead atoms. The van der Waals surface area contributed by atoms with Crippen molar-refractivity contribution in [1.82, 2.24) is 15.1 Å². The fourth-order valence-corrected chi connectivity index (χ4v) is 3.12. The van der Waals surface area contributed by atoms with Crippen molar-refractivity contribution in [2.45, 2.75) is 51.3 Å². The SMILES string of the molecule is CC(C)NCC(O)CN1CCC(N2CCCC2)C1. The Hall–Kier alpha value is -0.160. The predicted octanol–water partition coefficient (Wildman–Crippen LogP) is 0.515. The third kappa shape index (κ3) is 4.19. The van der Waals surface area contributed by atoms with Crippen LogP contribution in [0.15, 0.2) is 0 Å². The van der Waals surface area contributed by atoms with Gasteiger partial charge in [-0.25, -0.2) is 0 Å². The molecule has 4 nitrogen and oxygen atoms in total. The van der Waals surface area contributed by atoms with Crippen molar-refractivity contribution in [2.75, 3.05) is 39.3 Å². The van der Waals surface area contributed by atoms with Gasteiger partial charge >= 0.3 is 0 Å². The molecule has 0 radical (unpaired) electrons. The molecule has 2 aliphatic heterocycles. The molecule has 0 aliphatic carbocycles. The predicted molar refractivity (Wildman–Crippen MR) is 74.8 cm³/mol. The van der Waals surface area contributed by atoms with E-state index < -0.39 is 0 Å². The second-order valence-corrected chi connectivity index (χ2v) is 6.16. The Balaban J connectivity index is 1.65. The first kappa shape index (κ1) is 14.3. The number of aliphatic hydroxyl groups is 1. The fraction of sp³-hybridized carbons (Fsp3) is 1.00. The first-order valence-corrected chi connectivity index (χ1v) is 7.53. The van der Waals surface area contributed by atoms with Crippen LogP contribution in [0.2, 0.25) is 0 Å². The van der Waals surface area contributed by atoms with E-state index in [9.17, 15) is 5.11 Å². The molecule has 2 heterocycles. The lowest BCUT2D eigenvalue weighted by Gasteiger charge is -2.25. The largest absolute Gasteiger partial charge is 0.390 e. The molecule has 0 amide bonds. The number of rotatable bonds is 6. The quantitative estimate of drug-likeness (QED) is 0.726. The Morgan fingerprint density at radius 3 is 2.61 bits per heavy atom. The van der Waals surface area contributed by atoms with E-state index in [4.69, 9.17) is 0 Å². The van der Waals surface area contributed by atoms with Crippen LogP contribution in [0.4, 0.5) is 0 Å². The minimum Gasteiger partial charge on any atom is -0.390 e. The van der Waals surface area contributed by atoms with Crippen LogP contribution in [0.25, 0.3) is 0 Å². The van der Waals surface area contributed by atoms with E-state index in [2.05, 4.69) is 29.0 Å². The summed E-state index contributed by atoms with van der Waals surface area (Å²) in [6, 6.07) is 1.20. The zero-order chi connectivity index (χ0) is 13.0. The Kier molecular flexibility index (Phi) is 5.42. The molecule has 0 spiro atoms. The molecule has 4 heteroatoms. The van der Waals surface area contributed by atoms with E-state index >= 15 is 0 Å². The average molecular weight is 255 g/mol. The molecule has 2 atom stereocenters. The zero-order valence-corrected chi connectivity index (χ0v) is 11.9. The van der Waals surface area contributed by atoms with Gasteiger partial charge in [-0.1, -0.05) is 13.8 Å². The third-order valence-corrected chi connectivity index (χ3v) is 4.14. The van der Waals surface area contributed by atoms with Gasteiger partial charge in [0.2, 0.25) is 0 Å². The van der Waals surface area contributed by atoms with Gasteiger partial charge in [0.05, 0.1) is 6.10 Å². The Morgan fingerprint density at radius 2 is 1.94 bits per heavy atom. The molecule has 0 saturated carbocycles. The van der Waals surface area contributed by atoms with Crippen LogP contribution in [0.5, 0.6) is 0 Å². The van der Waals surface area contributed by atoms with Crippen LogP contribution < -0.4 is 5.32 Å². The molecule has 0 aromatic rings. The van der Waals surface area contributed by atoms with Crippen LogP contribution in [0.3, 0.4) is 0 Å². The van der Waals surface area contributed by atoms with Crippen molar-refractivity contribution < 1.29 is 5.11 Å². The average Bonchev–Trinajstić information content (AvgIpc) is 2.95. The van der Waals surface area contributed by atoms with Crippen LogP contribution in [0.1, 0.15) is 33.1 Å². The van der Waals surface area contributed by atoms with E-state index in [0.29, 0.717) is 12.6 Å². The van der Waals surface area contributed by atoms with Gasteiger partial charge in [0.15, 0.2) is 0 Å². The summed E-state index contributed by atoms with van der Waals surface area (Å²) in [5.74, 6) is 0. The maximum absolute atomic E-state index is 9.99. The van der Waals surface area contributed by atoms with E-state index in [1.54, 1.807) is 0 Å². The van der Waals surface area contributed by atoms with E-state index in [0.717, 1.165) is 25.7 Å². The maximum atomic E-state index is 9.99. The maximum Gasteiger partial charge on any atom is 0.0791 e. The summed E-state index contributed by atoms with van der Waals surface area (Å²) in [6.45, 7) is 10.6. The molecule has 2 fully saturated rings. The molecule has 2 saturated heterocycles. The molecule has 106 valence electrons. The number of nitrogens with zero attached hydrogens (tertiary/aromatic N) is 2. The molecule has 2 N–H and O–H groups in total. The number of aliphatic hydroxyl groups excluding tert-OH is 1. The van der Waals surface area contributed by atoms with Gasteiger partial charge in [0.25, 0.3) is 0 Å². The summed E-state index contributed by atoms with van der Waals surface area (Å²) in [5.41, 5.74) is 0. The van der Waals surface area contributed by atoms with Gasteiger partial charge in [-0.3, -0.25) is 9.80 Å². The van der Waals surface area contributed by atoms with Crippen molar-refractivity contribution >= 4 is 0 Å². The lowest BCUT2D eigenvalue weighted by atomic mass is 10.2. The van der Waals surface area contributed by atoms with Gasteiger partial charge in [-0.2, -0.15) is 0 Å². The molecule has 0 aromatic heterocycles. The minimum atomic E-state index is -0.232. The number of hydrogen-bond donors (Lipinski definition) is 2. The second kappa shape index (κ2) is 6.85. The smallest absolute Gasteiger partial charge is 0.0791 e. The van der Waals surface area contributed by atoms with Gasteiger partial charge < -0.3 is 10.4 Å². The van der Waals surface area contributed by atoms with Crippen molar-refractivity contribution in [3.63, 3.8) is 0 Å². The summed E-state index contributed by atoms with van der Waals surface area (Å²) in [6.07, 6.45) is 3.80. The molecular weight excluding hydrogens is 226 g/mol. The van der Waals surface area contributed by atoms with E-state index in [1.165, 1.54) is 32.4 Å². The van der Waals surface area contributed by atoms with Crippen LogP contribution in [-0.4, -0.2) is 72.4 Å². The second-order valence-electron chi connectivity index (χ2n) is 6.16.